The highest BCUT2D eigenvalue weighted by molar-refractivity contribution is 6.31. The van der Waals surface area contributed by atoms with Gasteiger partial charge in [-0.05, 0) is 37.3 Å². The molecule has 1 aromatic heterocycles. The third kappa shape index (κ3) is 2.47. The summed E-state index contributed by atoms with van der Waals surface area (Å²) in [5, 5.41) is 3.60. The van der Waals surface area contributed by atoms with Crippen molar-refractivity contribution >= 4 is 28.3 Å². The van der Waals surface area contributed by atoms with Gasteiger partial charge in [0.25, 0.3) is 0 Å². The molecular weight excluding hydrogens is 277 g/mol. The zero-order chi connectivity index (χ0) is 14.1. The van der Waals surface area contributed by atoms with Crippen molar-refractivity contribution in [2.45, 2.75) is 13.5 Å². The minimum Gasteiger partial charge on any atom is -0.381 e. The van der Waals surface area contributed by atoms with Crippen LogP contribution in [0.5, 0.6) is 0 Å². The summed E-state index contributed by atoms with van der Waals surface area (Å²) >= 11 is 6.00. The van der Waals surface area contributed by atoms with Gasteiger partial charge in [0.1, 0.15) is 11.6 Å². The van der Waals surface area contributed by atoms with Crippen LogP contribution < -0.4 is 5.32 Å². The van der Waals surface area contributed by atoms with Crippen LogP contribution in [-0.4, -0.2) is 9.97 Å². The first-order chi connectivity index (χ1) is 9.63. The molecule has 5 heteroatoms. The van der Waals surface area contributed by atoms with Crippen LogP contribution >= 0.6 is 11.6 Å². The van der Waals surface area contributed by atoms with Gasteiger partial charge in [-0.15, -0.1) is 0 Å². The van der Waals surface area contributed by atoms with E-state index in [0.717, 1.165) is 22.5 Å². The average Bonchev–Trinajstić information content (AvgIpc) is 2.77. The minimum atomic E-state index is -0.302. The highest BCUT2D eigenvalue weighted by Gasteiger charge is 2.07. The van der Waals surface area contributed by atoms with Gasteiger partial charge in [-0.3, -0.25) is 0 Å². The number of aromatic amines is 1. The molecule has 0 spiro atoms. The monoisotopic (exact) mass is 289 g/mol. The first-order valence-electron chi connectivity index (χ1n) is 6.26. The standard InChI is InChI=1S/C15H13ClFN3/c1-9-19-14-6-5-10(7-15(14)20-9)18-8-11-12(16)3-2-4-13(11)17/h2-7,18H,8H2,1H3,(H,19,20). The number of H-pyrrole nitrogens is 1. The van der Waals surface area contributed by atoms with Crippen molar-refractivity contribution in [3.8, 4) is 0 Å². The molecule has 0 radical (unpaired) electrons. The minimum absolute atomic E-state index is 0.302. The summed E-state index contributed by atoms with van der Waals surface area (Å²) in [5.74, 6) is 0.567. The lowest BCUT2D eigenvalue weighted by molar-refractivity contribution is 0.613. The van der Waals surface area contributed by atoms with E-state index in [4.69, 9.17) is 11.6 Å². The lowest BCUT2D eigenvalue weighted by Crippen LogP contribution is -2.02. The molecule has 2 aromatic carbocycles. The molecule has 0 amide bonds. The van der Waals surface area contributed by atoms with Crippen molar-refractivity contribution in [2.75, 3.05) is 5.32 Å². The fourth-order valence-electron chi connectivity index (χ4n) is 2.14. The number of imidazole rings is 1. The van der Waals surface area contributed by atoms with E-state index in [1.807, 2.05) is 25.1 Å². The molecule has 1 heterocycles. The maximum atomic E-state index is 13.7. The second-order valence-corrected chi connectivity index (χ2v) is 5.02. The van der Waals surface area contributed by atoms with Gasteiger partial charge in [0.15, 0.2) is 0 Å². The quantitative estimate of drug-likeness (QED) is 0.756. The number of halogens is 2. The second kappa shape index (κ2) is 5.13. The zero-order valence-electron chi connectivity index (χ0n) is 10.9. The van der Waals surface area contributed by atoms with Gasteiger partial charge >= 0.3 is 0 Å². The van der Waals surface area contributed by atoms with Gasteiger partial charge in [0.2, 0.25) is 0 Å². The Kier molecular flexibility index (Phi) is 3.32. The van der Waals surface area contributed by atoms with Crippen molar-refractivity contribution in [2.24, 2.45) is 0 Å². The van der Waals surface area contributed by atoms with E-state index in [1.54, 1.807) is 12.1 Å². The second-order valence-electron chi connectivity index (χ2n) is 4.61. The number of hydrogen-bond donors (Lipinski definition) is 2. The van der Waals surface area contributed by atoms with Crippen molar-refractivity contribution in [3.63, 3.8) is 0 Å². The number of nitrogens with zero attached hydrogens (tertiary/aromatic N) is 1. The van der Waals surface area contributed by atoms with Gasteiger partial charge in [0, 0.05) is 22.8 Å². The lowest BCUT2D eigenvalue weighted by Gasteiger charge is -2.09. The molecular formula is C15H13ClFN3. The van der Waals surface area contributed by atoms with Gasteiger partial charge in [-0.25, -0.2) is 9.37 Å². The fraction of sp³-hybridized carbons (Fsp3) is 0.133. The predicted molar refractivity (Wildman–Crippen MR) is 79.6 cm³/mol. The van der Waals surface area contributed by atoms with Crippen molar-refractivity contribution in [1.82, 2.24) is 9.97 Å². The maximum Gasteiger partial charge on any atom is 0.129 e. The molecule has 0 aliphatic carbocycles. The number of hydrogen-bond acceptors (Lipinski definition) is 2. The smallest absolute Gasteiger partial charge is 0.129 e. The Morgan fingerprint density at radius 2 is 2.15 bits per heavy atom. The normalized spacial score (nSPS) is 10.9. The fourth-order valence-corrected chi connectivity index (χ4v) is 2.37. The number of aromatic nitrogens is 2. The van der Waals surface area contributed by atoms with E-state index in [9.17, 15) is 4.39 Å². The largest absolute Gasteiger partial charge is 0.381 e. The Morgan fingerprint density at radius 3 is 2.95 bits per heavy atom. The summed E-state index contributed by atoms with van der Waals surface area (Å²) in [5.41, 5.74) is 3.22. The SMILES string of the molecule is Cc1nc2ccc(NCc3c(F)cccc3Cl)cc2[nH]1. The summed E-state index contributed by atoms with van der Waals surface area (Å²) < 4.78 is 13.7. The highest BCUT2D eigenvalue weighted by atomic mass is 35.5. The van der Waals surface area contributed by atoms with E-state index in [1.165, 1.54) is 6.07 Å². The molecule has 0 unspecified atom stereocenters. The van der Waals surface area contributed by atoms with E-state index in [-0.39, 0.29) is 5.82 Å². The third-order valence-electron chi connectivity index (χ3n) is 3.13. The van der Waals surface area contributed by atoms with Crippen LogP contribution in [0.2, 0.25) is 5.02 Å². The van der Waals surface area contributed by atoms with Crippen LogP contribution in [0.1, 0.15) is 11.4 Å². The average molecular weight is 290 g/mol. The Balaban J connectivity index is 1.83. The molecule has 2 N–H and O–H groups in total. The first kappa shape index (κ1) is 12.9. The number of aryl methyl sites for hydroxylation is 1. The predicted octanol–water partition coefficient (Wildman–Crippen LogP) is 4.28. The van der Waals surface area contributed by atoms with Crippen molar-refractivity contribution in [1.29, 1.82) is 0 Å². The third-order valence-corrected chi connectivity index (χ3v) is 3.49. The number of benzene rings is 2. The molecule has 0 atom stereocenters. The van der Waals surface area contributed by atoms with Crippen molar-refractivity contribution in [3.05, 3.63) is 58.6 Å². The van der Waals surface area contributed by atoms with Crippen LogP contribution in [-0.2, 0) is 6.54 Å². The number of nitrogens with one attached hydrogen (secondary N) is 2. The number of rotatable bonds is 3. The summed E-state index contributed by atoms with van der Waals surface area (Å²) in [6.45, 7) is 2.25. The Hall–Kier alpha value is -2.07. The van der Waals surface area contributed by atoms with E-state index in [2.05, 4.69) is 15.3 Å². The molecule has 102 valence electrons. The van der Waals surface area contributed by atoms with E-state index in [0.29, 0.717) is 17.1 Å². The molecule has 0 saturated carbocycles. The highest BCUT2D eigenvalue weighted by Crippen LogP contribution is 2.22. The van der Waals surface area contributed by atoms with Gasteiger partial charge in [-0.2, -0.15) is 0 Å². The van der Waals surface area contributed by atoms with Crippen LogP contribution in [0, 0.1) is 12.7 Å². The molecule has 0 saturated heterocycles. The van der Waals surface area contributed by atoms with Crippen LogP contribution in [0.4, 0.5) is 10.1 Å². The summed E-state index contributed by atoms with van der Waals surface area (Å²) in [7, 11) is 0. The van der Waals surface area contributed by atoms with E-state index < -0.39 is 0 Å². The summed E-state index contributed by atoms with van der Waals surface area (Å²) in [6, 6.07) is 10.5. The molecule has 0 bridgehead atoms. The molecule has 0 aliphatic rings. The number of fused-ring (bicyclic) bond motifs is 1. The van der Waals surface area contributed by atoms with Crippen LogP contribution in [0.25, 0.3) is 11.0 Å². The van der Waals surface area contributed by atoms with Gasteiger partial charge in [0.05, 0.1) is 11.0 Å². The Morgan fingerprint density at radius 1 is 1.30 bits per heavy atom. The molecule has 20 heavy (non-hydrogen) atoms. The summed E-state index contributed by atoms with van der Waals surface area (Å²) in [4.78, 5) is 7.50. The van der Waals surface area contributed by atoms with Crippen LogP contribution in [0.3, 0.4) is 0 Å². The molecule has 0 fully saturated rings. The molecule has 3 rings (SSSR count). The van der Waals surface area contributed by atoms with Crippen LogP contribution in [0.15, 0.2) is 36.4 Å². The topological polar surface area (TPSA) is 40.7 Å². The van der Waals surface area contributed by atoms with Crippen molar-refractivity contribution < 1.29 is 4.39 Å². The van der Waals surface area contributed by atoms with Gasteiger partial charge in [-0.1, -0.05) is 17.7 Å². The Bertz CT molecular complexity index is 747. The molecule has 0 aliphatic heterocycles. The lowest BCUT2D eigenvalue weighted by atomic mass is 10.2. The van der Waals surface area contributed by atoms with E-state index >= 15 is 0 Å². The maximum absolute atomic E-state index is 13.7. The molecule has 3 nitrogen and oxygen atoms in total. The molecule has 3 aromatic rings. The van der Waals surface area contributed by atoms with Gasteiger partial charge < -0.3 is 10.3 Å². The zero-order valence-corrected chi connectivity index (χ0v) is 11.6. The summed E-state index contributed by atoms with van der Waals surface area (Å²) in [6.07, 6.45) is 0. The number of anilines is 1. The Labute approximate surface area is 120 Å². The first-order valence-corrected chi connectivity index (χ1v) is 6.64.